The Labute approximate surface area is 428 Å². The molecule has 71 heavy (non-hydrogen) atoms. The molecule has 0 heterocycles. The van der Waals surface area contributed by atoms with Crippen LogP contribution in [0.1, 0.15) is 43.0 Å². The van der Waals surface area contributed by atoms with Crippen molar-refractivity contribution in [2.75, 3.05) is 60.9 Å². The Morgan fingerprint density at radius 1 is 0.577 bits per heavy atom. The molecule has 0 spiro atoms. The van der Waals surface area contributed by atoms with Crippen molar-refractivity contribution in [1.29, 1.82) is 0 Å². The van der Waals surface area contributed by atoms with Crippen molar-refractivity contribution in [3.8, 4) is 0 Å². The van der Waals surface area contributed by atoms with Gasteiger partial charge in [-0.05, 0) is 121 Å². The van der Waals surface area contributed by atoms with E-state index in [-0.39, 0.29) is 106 Å². The fourth-order valence-electron chi connectivity index (χ4n) is 6.65. The smallest absolute Gasteiger partial charge is 0.744 e. The van der Waals surface area contributed by atoms with Gasteiger partial charge < -0.3 is 40.0 Å². The van der Waals surface area contributed by atoms with Crippen LogP contribution in [0.2, 0.25) is 0 Å². The number of amides is 2. The molecule has 0 atom stereocenters. The number of nitrogens with zero attached hydrogens (tertiary/aromatic N) is 2. The Morgan fingerprint density at radius 3 is 1.23 bits per heavy atom. The van der Waals surface area contributed by atoms with Gasteiger partial charge in [0, 0.05) is 22.5 Å². The quantitative estimate of drug-likeness (QED) is 0.0312. The molecule has 25 nitrogen and oxygen atoms in total. The number of hydrazone groups is 2. The Bertz CT molecular complexity index is 3140. The molecule has 0 unspecified atom stereocenters. The Hall–Kier alpha value is -5.61. The van der Waals surface area contributed by atoms with E-state index in [9.17, 15) is 66.3 Å². The summed E-state index contributed by atoms with van der Waals surface area (Å²) in [5, 5.41) is 38.1. The predicted molar refractivity (Wildman–Crippen MR) is 250 cm³/mol. The van der Waals surface area contributed by atoms with Crippen molar-refractivity contribution in [1.82, 2.24) is 0 Å². The van der Waals surface area contributed by atoms with E-state index in [2.05, 4.69) is 31.7 Å². The molecule has 4 aromatic carbocycles. The molecule has 2 aliphatic rings. The number of Topliss-reactive ketones (excluding diaryl/α,β-unsaturated/α-hetero) is 2. The number of hydrogen-bond acceptors (Lipinski definition) is 20. The number of rotatable bonds is 16. The number of nitrogens with one attached hydrogen (secondary N) is 5. The fraction of sp³-hybridized carbons (Fsp3) is 0.195. The second kappa shape index (κ2) is 23.7. The number of benzene rings is 4. The summed E-state index contributed by atoms with van der Waals surface area (Å²) in [7, 11) is -19.7. The van der Waals surface area contributed by atoms with E-state index >= 15 is 0 Å². The molecule has 2 amide bonds. The maximum atomic E-state index is 13.4. The summed E-state index contributed by atoms with van der Waals surface area (Å²) >= 11 is 0. The van der Waals surface area contributed by atoms with Crippen molar-refractivity contribution in [3.63, 3.8) is 0 Å². The van der Waals surface area contributed by atoms with Crippen molar-refractivity contribution < 1.29 is 116 Å². The topological polar surface area (TPSA) is 412 Å². The summed E-state index contributed by atoms with van der Waals surface area (Å²) < 4.78 is 137. The standard InChI is InChI=1S/C35H28N6O15S4.C6H15NO3.Na/c1-17-11-23(57(45,46)47)5-9-27(17)38-40-31-29(59(51,52)53)15-19-13-21(3-7-25(19)33(31)42)36-35(44)37-22-4-8-26-20(14-22)16-30(60(54,55)56)32(34(26)43)41-39-28-10-6-24(12-18(28)2)58(48,49)50;8-4-1-7(2-5-9)3-6-10;/h3-16,38-39H,1-2H3,(H2,36,37,44)(H,45,46,47)(H,48,49,50)(H,51,52,53)(H,54,55,56);8-10H,1-6H2;/q;;+1/p-1. The number of quaternary nitrogens is 1. The Morgan fingerprint density at radius 2 is 0.930 bits per heavy atom. The van der Waals surface area contributed by atoms with Crippen LogP contribution in [-0.2, 0) is 40.5 Å². The number of aryl methyl sites for hydroxylation is 2. The van der Waals surface area contributed by atoms with E-state index in [0.29, 0.717) is 19.6 Å². The van der Waals surface area contributed by atoms with E-state index < -0.39 is 89.1 Å². The average Bonchev–Trinajstić information content (AvgIpc) is 3.25. The first-order chi connectivity index (χ1) is 32.7. The second-order valence-electron chi connectivity index (χ2n) is 15.0. The van der Waals surface area contributed by atoms with Crippen molar-refractivity contribution >= 4 is 104 Å². The first-order valence-corrected chi connectivity index (χ1v) is 25.7. The minimum absolute atomic E-state index is 0. The number of aliphatic hydroxyl groups is 3. The predicted octanol–water partition coefficient (Wildman–Crippen LogP) is -2.61. The van der Waals surface area contributed by atoms with Crippen molar-refractivity contribution in [3.05, 3.63) is 116 Å². The maximum Gasteiger partial charge on any atom is 1.00 e. The Balaban J connectivity index is 0.000000896. The third-order valence-electron chi connectivity index (χ3n) is 10.1. The summed E-state index contributed by atoms with van der Waals surface area (Å²) in [6.45, 7) is 4.94. The number of anilines is 4. The fourth-order valence-corrected chi connectivity index (χ4v) is 9.07. The van der Waals surface area contributed by atoms with E-state index in [1.807, 2.05) is 0 Å². The monoisotopic (exact) mass is 1070 g/mol. The van der Waals surface area contributed by atoms with E-state index in [1.165, 1.54) is 50.2 Å². The van der Waals surface area contributed by atoms with Gasteiger partial charge in [0.1, 0.15) is 49.7 Å². The third kappa shape index (κ3) is 15.0. The van der Waals surface area contributed by atoms with Crippen LogP contribution < -0.4 is 55.9 Å². The van der Waals surface area contributed by atoms with E-state index in [0.717, 1.165) is 53.5 Å². The number of urea groups is 1. The van der Waals surface area contributed by atoms with Gasteiger partial charge >= 0.3 is 35.6 Å². The molecule has 374 valence electrons. The molecule has 6 rings (SSSR count). The molecule has 0 saturated carbocycles. The molecule has 0 saturated heterocycles. The van der Waals surface area contributed by atoms with E-state index in [4.69, 9.17) is 15.3 Å². The first-order valence-electron chi connectivity index (χ1n) is 20.0. The molecule has 0 aromatic heterocycles. The van der Waals surface area contributed by atoms with Crippen molar-refractivity contribution in [2.45, 2.75) is 23.6 Å². The zero-order valence-corrected chi connectivity index (χ0v) is 42.7. The number of ketones is 2. The van der Waals surface area contributed by atoms with Gasteiger partial charge in [0.2, 0.25) is 11.6 Å². The van der Waals surface area contributed by atoms with Gasteiger partial charge in [0.05, 0.1) is 41.0 Å². The summed E-state index contributed by atoms with van der Waals surface area (Å²) in [5.41, 5.74) is 3.69. The van der Waals surface area contributed by atoms with E-state index in [1.54, 1.807) is 0 Å². The van der Waals surface area contributed by atoms with Crippen LogP contribution in [0.15, 0.2) is 103 Å². The van der Waals surface area contributed by atoms with Gasteiger partial charge in [-0.1, -0.05) is 0 Å². The number of carbonyl (C=O) groups is 3. The van der Waals surface area contributed by atoms with Crippen LogP contribution in [0.4, 0.5) is 27.5 Å². The normalized spacial score (nSPS) is 14.8. The summed E-state index contributed by atoms with van der Waals surface area (Å²) in [5.74, 6) is -1.93. The van der Waals surface area contributed by atoms with Gasteiger partial charge in [-0.15, -0.1) is 0 Å². The molecule has 0 aliphatic heterocycles. The molecule has 0 bridgehead atoms. The Kier molecular flexibility index (Phi) is 19.4. The molecule has 10 N–H and O–H groups in total. The number of allylic oxidation sites excluding steroid dienone is 2. The number of carbonyl (C=O) groups excluding carboxylic acids is 3. The van der Waals surface area contributed by atoms with Gasteiger partial charge in [-0.2, -0.15) is 27.0 Å². The molecule has 0 radical (unpaired) electrons. The summed E-state index contributed by atoms with van der Waals surface area (Å²) in [4.78, 5) is 38.0. The molecular weight excluding hydrogens is 1030 g/mol. The van der Waals surface area contributed by atoms with Crippen LogP contribution in [-0.4, -0.2) is 136 Å². The van der Waals surface area contributed by atoms with Crippen LogP contribution in [0.3, 0.4) is 0 Å². The SMILES string of the molecule is Cc1cc(S(=O)(=O)[O-])ccc1NN=C1C(=O)c2ccc(NC(=O)Nc3ccc4c(c3)C=C(S(=O)(=O)O)C(=NNc3ccc(S(=O)(=O)[O-])cc3C)C4=O)cc2C=C1S(=O)(=O)O.OCC[NH+](CCO)CCO.[Na+]. The van der Waals surface area contributed by atoms with Gasteiger partial charge in [0.25, 0.3) is 20.2 Å². The van der Waals surface area contributed by atoms with Crippen LogP contribution >= 0.6 is 0 Å². The molecular formula is C41H42N7NaO18S4. The zero-order valence-electron chi connectivity index (χ0n) is 37.4. The minimum atomic E-state index is -5.09. The molecule has 4 aromatic rings. The first kappa shape index (κ1) is 58.0. The summed E-state index contributed by atoms with van der Waals surface area (Å²) in [6, 6.07) is 12.8. The average molecular weight is 1070 g/mol. The minimum Gasteiger partial charge on any atom is -0.744 e. The molecule has 2 aliphatic carbocycles. The number of fused-ring (bicyclic) bond motifs is 2. The second-order valence-corrected chi connectivity index (χ2v) is 20.5. The van der Waals surface area contributed by atoms with Gasteiger partial charge in [0.15, 0.2) is 11.4 Å². The maximum absolute atomic E-state index is 13.4. The van der Waals surface area contributed by atoms with Gasteiger partial charge in [-0.3, -0.25) is 29.5 Å². The molecule has 30 heteroatoms. The molecule has 0 fully saturated rings. The van der Waals surface area contributed by atoms with Crippen molar-refractivity contribution in [2.24, 2.45) is 10.2 Å². The van der Waals surface area contributed by atoms with Crippen LogP contribution in [0.5, 0.6) is 0 Å². The largest absolute Gasteiger partial charge is 1.00 e. The zero-order chi connectivity index (χ0) is 51.9. The van der Waals surface area contributed by atoms with Crippen LogP contribution in [0.25, 0.3) is 12.2 Å². The number of hydrogen-bond donors (Lipinski definition) is 10. The van der Waals surface area contributed by atoms with Gasteiger partial charge in [-0.25, -0.2) is 21.6 Å². The number of aliphatic hydroxyl groups excluding tert-OH is 3. The summed E-state index contributed by atoms with van der Waals surface area (Å²) in [6.07, 6.45) is 1.83. The third-order valence-corrected chi connectivity index (χ3v) is 13.5. The van der Waals surface area contributed by atoms with Crippen LogP contribution in [0, 0.1) is 13.8 Å².